The molecule has 1 aromatic heterocycles. The van der Waals surface area contributed by atoms with E-state index in [1.54, 1.807) is 11.0 Å². The number of anilines is 1. The van der Waals surface area contributed by atoms with Crippen LogP contribution in [0.3, 0.4) is 0 Å². The van der Waals surface area contributed by atoms with Gasteiger partial charge in [0.15, 0.2) is 0 Å². The predicted octanol–water partition coefficient (Wildman–Crippen LogP) is 2.49. The molecule has 126 valence electrons. The number of aromatic nitrogens is 2. The Labute approximate surface area is 146 Å². The summed E-state index contributed by atoms with van der Waals surface area (Å²) in [6, 6.07) is 9.35. The third kappa shape index (κ3) is 3.59. The van der Waals surface area contributed by atoms with Gasteiger partial charge in [0, 0.05) is 32.2 Å². The first-order valence-corrected chi connectivity index (χ1v) is 8.30. The largest absolute Gasteiger partial charge is 0.478 e. The second-order valence-corrected chi connectivity index (χ2v) is 5.81. The van der Waals surface area contributed by atoms with Crippen molar-refractivity contribution in [2.24, 2.45) is 0 Å². The Hall–Kier alpha value is -2.34. The molecule has 1 aromatic carbocycles. The average molecular weight is 347 g/mol. The van der Waals surface area contributed by atoms with Gasteiger partial charge in [-0.3, -0.25) is 4.79 Å². The van der Waals surface area contributed by atoms with E-state index < -0.39 is 0 Å². The number of rotatable bonds is 4. The Bertz CT molecular complexity index is 717. The van der Waals surface area contributed by atoms with E-state index in [-0.39, 0.29) is 5.91 Å². The molecule has 2 heterocycles. The van der Waals surface area contributed by atoms with Crippen molar-refractivity contribution in [2.45, 2.75) is 6.92 Å². The lowest BCUT2D eigenvalue weighted by Gasteiger charge is -2.36. The van der Waals surface area contributed by atoms with Crippen LogP contribution in [0.2, 0.25) is 5.02 Å². The standard InChI is InChI=1S/C17H19ClN4O2/c1-2-24-16-11-14(19-12-20-16)17(23)22-9-7-21(8-10-22)15-6-4-3-5-13(15)18/h3-6,11-12H,2,7-10H2,1H3. The van der Waals surface area contributed by atoms with Gasteiger partial charge in [-0.1, -0.05) is 23.7 Å². The Balaban J connectivity index is 1.65. The second-order valence-electron chi connectivity index (χ2n) is 5.41. The zero-order valence-electron chi connectivity index (χ0n) is 13.5. The molecule has 0 unspecified atom stereocenters. The molecule has 0 saturated carbocycles. The van der Waals surface area contributed by atoms with Gasteiger partial charge in [0.05, 0.1) is 17.3 Å². The van der Waals surface area contributed by atoms with Crippen molar-refractivity contribution in [3.05, 3.63) is 47.4 Å². The monoisotopic (exact) mass is 346 g/mol. The number of ether oxygens (including phenoxy) is 1. The molecule has 1 saturated heterocycles. The molecular weight excluding hydrogens is 328 g/mol. The molecule has 6 nitrogen and oxygen atoms in total. The Morgan fingerprint density at radius 3 is 2.67 bits per heavy atom. The van der Waals surface area contributed by atoms with Crippen molar-refractivity contribution < 1.29 is 9.53 Å². The van der Waals surface area contributed by atoms with Gasteiger partial charge in [0.1, 0.15) is 12.0 Å². The van der Waals surface area contributed by atoms with E-state index in [1.165, 1.54) is 6.33 Å². The van der Waals surface area contributed by atoms with E-state index in [9.17, 15) is 4.79 Å². The first-order valence-electron chi connectivity index (χ1n) is 7.92. The molecule has 0 radical (unpaired) electrons. The number of halogens is 1. The van der Waals surface area contributed by atoms with Crippen LogP contribution in [0, 0.1) is 0 Å². The van der Waals surface area contributed by atoms with Crippen molar-refractivity contribution in [3.8, 4) is 5.88 Å². The van der Waals surface area contributed by atoms with Gasteiger partial charge in [-0.2, -0.15) is 0 Å². The van der Waals surface area contributed by atoms with Gasteiger partial charge in [-0.25, -0.2) is 9.97 Å². The highest BCUT2D eigenvalue weighted by Gasteiger charge is 2.24. The Morgan fingerprint density at radius 2 is 1.96 bits per heavy atom. The molecule has 24 heavy (non-hydrogen) atoms. The third-order valence-corrected chi connectivity index (χ3v) is 4.23. The first kappa shape index (κ1) is 16.5. The van der Waals surface area contributed by atoms with E-state index in [2.05, 4.69) is 14.9 Å². The number of benzene rings is 1. The quantitative estimate of drug-likeness (QED) is 0.851. The molecular formula is C17H19ClN4O2. The molecule has 0 spiro atoms. The average Bonchev–Trinajstić information content (AvgIpc) is 2.62. The zero-order chi connectivity index (χ0) is 16.9. The molecule has 1 aliphatic heterocycles. The summed E-state index contributed by atoms with van der Waals surface area (Å²) >= 11 is 6.25. The lowest BCUT2D eigenvalue weighted by atomic mass is 10.2. The molecule has 1 amide bonds. The molecule has 0 bridgehead atoms. The van der Waals surface area contributed by atoms with Crippen LogP contribution in [0.4, 0.5) is 5.69 Å². The molecule has 7 heteroatoms. The van der Waals surface area contributed by atoms with Crippen LogP contribution >= 0.6 is 11.6 Å². The summed E-state index contributed by atoms with van der Waals surface area (Å²) < 4.78 is 5.33. The summed E-state index contributed by atoms with van der Waals surface area (Å²) in [5.41, 5.74) is 1.37. The number of carbonyl (C=O) groups excluding carboxylic acids is 1. The van der Waals surface area contributed by atoms with Gasteiger partial charge in [0.25, 0.3) is 5.91 Å². The van der Waals surface area contributed by atoms with E-state index >= 15 is 0 Å². The maximum Gasteiger partial charge on any atom is 0.272 e. The number of nitrogens with zero attached hydrogens (tertiary/aromatic N) is 4. The van der Waals surface area contributed by atoms with Crippen molar-refractivity contribution in [1.29, 1.82) is 0 Å². The number of carbonyl (C=O) groups is 1. The predicted molar refractivity (Wildman–Crippen MR) is 92.8 cm³/mol. The highest BCUT2D eigenvalue weighted by Crippen LogP contribution is 2.26. The number of piperazine rings is 1. The SMILES string of the molecule is CCOc1cc(C(=O)N2CCN(c3ccccc3Cl)CC2)ncn1. The molecule has 0 aliphatic carbocycles. The number of hydrogen-bond acceptors (Lipinski definition) is 5. The second kappa shape index (κ2) is 7.49. The summed E-state index contributed by atoms with van der Waals surface area (Å²) in [5, 5.41) is 0.731. The van der Waals surface area contributed by atoms with Gasteiger partial charge >= 0.3 is 0 Å². The fraction of sp³-hybridized carbons (Fsp3) is 0.353. The Morgan fingerprint density at radius 1 is 1.21 bits per heavy atom. The van der Waals surface area contributed by atoms with Crippen LogP contribution in [-0.2, 0) is 0 Å². The smallest absolute Gasteiger partial charge is 0.272 e. The van der Waals surface area contributed by atoms with Crippen LogP contribution < -0.4 is 9.64 Å². The maximum atomic E-state index is 12.6. The lowest BCUT2D eigenvalue weighted by Crippen LogP contribution is -2.49. The van der Waals surface area contributed by atoms with Crippen LogP contribution in [-0.4, -0.2) is 53.6 Å². The van der Waals surface area contributed by atoms with Crippen molar-refractivity contribution in [2.75, 3.05) is 37.7 Å². The van der Waals surface area contributed by atoms with Crippen LogP contribution in [0.1, 0.15) is 17.4 Å². The lowest BCUT2D eigenvalue weighted by molar-refractivity contribution is 0.0740. The molecule has 0 atom stereocenters. The minimum absolute atomic E-state index is 0.0999. The van der Waals surface area contributed by atoms with Crippen molar-refractivity contribution in [1.82, 2.24) is 14.9 Å². The van der Waals surface area contributed by atoms with Gasteiger partial charge < -0.3 is 14.5 Å². The summed E-state index contributed by atoms with van der Waals surface area (Å²) in [6.45, 7) is 5.09. The highest BCUT2D eigenvalue weighted by molar-refractivity contribution is 6.33. The molecule has 1 fully saturated rings. The summed E-state index contributed by atoms with van der Waals surface area (Å²) in [6.07, 6.45) is 1.36. The van der Waals surface area contributed by atoms with Gasteiger partial charge in [-0.05, 0) is 19.1 Å². The summed E-state index contributed by atoms with van der Waals surface area (Å²) in [5.74, 6) is 0.322. The number of para-hydroxylation sites is 1. The normalized spacial score (nSPS) is 14.6. The fourth-order valence-corrected chi connectivity index (χ4v) is 2.96. The van der Waals surface area contributed by atoms with Crippen molar-refractivity contribution >= 4 is 23.2 Å². The highest BCUT2D eigenvalue weighted by atomic mass is 35.5. The third-order valence-electron chi connectivity index (χ3n) is 3.91. The van der Waals surface area contributed by atoms with Crippen LogP contribution in [0.25, 0.3) is 0 Å². The number of amides is 1. The Kier molecular flexibility index (Phi) is 5.15. The van der Waals surface area contributed by atoms with E-state index in [0.29, 0.717) is 31.3 Å². The molecule has 0 N–H and O–H groups in total. The molecule has 2 aromatic rings. The summed E-state index contributed by atoms with van der Waals surface area (Å²) in [4.78, 5) is 24.7. The first-order chi connectivity index (χ1) is 11.7. The van der Waals surface area contributed by atoms with E-state index in [0.717, 1.165) is 23.8 Å². The van der Waals surface area contributed by atoms with Gasteiger partial charge in [-0.15, -0.1) is 0 Å². The number of hydrogen-bond donors (Lipinski definition) is 0. The van der Waals surface area contributed by atoms with Crippen LogP contribution in [0.5, 0.6) is 5.88 Å². The van der Waals surface area contributed by atoms with Crippen LogP contribution in [0.15, 0.2) is 36.7 Å². The maximum absolute atomic E-state index is 12.6. The fourth-order valence-electron chi connectivity index (χ4n) is 2.70. The minimum Gasteiger partial charge on any atom is -0.478 e. The topological polar surface area (TPSA) is 58.6 Å². The van der Waals surface area contributed by atoms with Crippen molar-refractivity contribution in [3.63, 3.8) is 0 Å². The van der Waals surface area contributed by atoms with E-state index in [4.69, 9.17) is 16.3 Å². The van der Waals surface area contributed by atoms with Gasteiger partial charge in [0.2, 0.25) is 5.88 Å². The van der Waals surface area contributed by atoms with E-state index in [1.807, 2.05) is 31.2 Å². The molecule has 3 rings (SSSR count). The minimum atomic E-state index is -0.0999. The zero-order valence-corrected chi connectivity index (χ0v) is 14.2. The molecule has 1 aliphatic rings. The summed E-state index contributed by atoms with van der Waals surface area (Å²) in [7, 11) is 0.